The predicted octanol–water partition coefficient (Wildman–Crippen LogP) is 2.88. The summed E-state index contributed by atoms with van der Waals surface area (Å²) in [6.07, 6.45) is 6.07. The van der Waals surface area contributed by atoms with Gasteiger partial charge in [0.15, 0.2) is 0 Å². The van der Waals surface area contributed by atoms with Crippen LogP contribution in [0.3, 0.4) is 0 Å². The lowest BCUT2D eigenvalue weighted by atomic mass is 10.0. The summed E-state index contributed by atoms with van der Waals surface area (Å²) in [4.78, 5) is 21.8. The molecule has 6 heteroatoms. The third-order valence-corrected chi connectivity index (χ3v) is 6.55. The Morgan fingerprint density at radius 2 is 1.84 bits per heavy atom. The van der Waals surface area contributed by atoms with Crippen LogP contribution in [-0.2, 0) is 30.5 Å². The number of aryl methyl sites for hydroxylation is 1. The number of amides is 1. The van der Waals surface area contributed by atoms with Gasteiger partial charge < -0.3 is 10.2 Å². The summed E-state index contributed by atoms with van der Waals surface area (Å²) in [5, 5.41) is 12.9. The number of aromatic nitrogens is 1. The number of carbonyl (C=O) groups excluding carboxylic acids is 1. The highest BCUT2D eigenvalue weighted by Gasteiger charge is 2.27. The first kappa shape index (κ1) is 22.3. The van der Waals surface area contributed by atoms with Crippen LogP contribution in [0.1, 0.15) is 47.7 Å². The third kappa shape index (κ3) is 5.11. The average molecular weight is 432 g/mol. The highest BCUT2D eigenvalue weighted by molar-refractivity contribution is 5.78. The summed E-state index contributed by atoms with van der Waals surface area (Å²) in [7, 11) is 0. The number of rotatable bonds is 8. The van der Waals surface area contributed by atoms with E-state index in [-0.39, 0.29) is 5.91 Å². The largest absolute Gasteiger partial charge is 0.355 e. The van der Waals surface area contributed by atoms with E-state index in [2.05, 4.69) is 40.2 Å². The molecule has 2 aromatic rings. The quantitative estimate of drug-likeness (QED) is 0.696. The topological polar surface area (TPSA) is 72.3 Å². The van der Waals surface area contributed by atoms with Gasteiger partial charge in [-0.1, -0.05) is 43.7 Å². The standard InChI is InChI=1S/C26H33N5O/c1-2-7-24-22-11-6-10-21(22)23(18-27)26(29-24)31-16-14-30(15-17-31)19-25(32)28-13-12-20-8-4-3-5-9-20/h3-5,8-9H,2,6-7,10-17,19H2,1H3,(H,28,32). The lowest BCUT2D eigenvalue weighted by Gasteiger charge is -2.36. The first-order chi connectivity index (χ1) is 15.7. The van der Waals surface area contributed by atoms with Gasteiger partial charge in [0, 0.05) is 38.4 Å². The van der Waals surface area contributed by atoms with Crippen molar-refractivity contribution in [1.82, 2.24) is 15.2 Å². The number of piperazine rings is 1. The molecule has 0 radical (unpaired) electrons. The van der Waals surface area contributed by atoms with Crippen LogP contribution in [0.5, 0.6) is 0 Å². The second-order valence-corrected chi connectivity index (χ2v) is 8.78. The van der Waals surface area contributed by atoms with Gasteiger partial charge in [0.1, 0.15) is 11.9 Å². The number of nitrogens with one attached hydrogen (secondary N) is 1. The molecule has 32 heavy (non-hydrogen) atoms. The molecule has 0 atom stereocenters. The Bertz CT molecular complexity index is 974. The van der Waals surface area contributed by atoms with Crippen LogP contribution in [0.25, 0.3) is 0 Å². The van der Waals surface area contributed by atoms with Crippen LogP contribution in [0.4, 0.5) is 5.82 Å². The highest BCUT2D eigenvalue weighted by atomic mass is 16.2. The monoisotopic (exact) mass is 431 g/mol. The van der Waals surface area contributed by atoms with Crippen molar-refractivity contribution in [2.24, 2.45) is 0 Å². The average Bonchev–Trinajstić information content (AvgIpc) is 3.30. The Balaban J connectivity index is 1.32. The van der Waals surface area contributed by atoms with E-state index >= 15 is 0 Å². The number of nitrogens with zero attached hydrogens (tertiary/aromatic N) is 4. The van der Waals surface area contributed by atoms with Gasteiger partial charge in [-0.15, -0.1) is 0 Å². The van der Waals surface area contributed by atoms with Crippen LogP contribution in [0.15, 0.2) is 30.3 Å². The SMILES string of the molecule is CCCc1nc(N2CCN(CC(=O)NCCc3ccccc3)CC2)c(C#N)c2c1CCC2. The molecule has 168 valence electrons. The lowest BCUT2D eigenvalue weighted by molar-refractivity contribution is -0.122. The molecule has 4 rings (SSSR count). The number of benzene rings is 1. The normalized spacial score (nSPS) is 15.9. The van der Waals surface area contributed by atoms with Crippen LogP contribution in [0.2, 0.25) is 0 Å². The first-order valence-electron chi connectivity index (χ1n) is 11.9. The molecule has 2 aliphatic rings. The molecule has 0 bridgehead atoms. The van der Waals surface area contributed by atoms with Crippen molar-refractivity contribution >= 4 is 11.7 Å². The summed E-state index contributed by atoms with van der Waals surface area (Å²) >= 11 is 0. The Morgan fingerprint density at radius 3 is 2.56 bits per heavy atom. The van der Waals surface area contributed by atoms with Gasteiger partial charge in [0.2, 0.25) is 5.91 Å². The van der Waals surface area contributed by atoms with Crippen molar-refractivity contribution in [3.8, 4) is 6.07 Å². The van der Waals surface area contributed by atoms with Crippen molar-refractivity contribution < 1.29 is 4.79 Å². The molecule has 0 spiro atoms. The molecule has 6 nitrogen and oxygen atoms in total. The van der Waals surface area contributed by atoms with Crippen molar-refractivity contribution in [3.05, 3.63) is 58.3 Å². The molecule has 0 saturated carbocycles. The van der Waals surface area contributed by atoms with Crippen LogP contribution in [-0.4, -0.2) is 55.1 Å². The second-order valence-electron chi connectivity index (χ2n) is 8.78. The smallest absolute Gasteiger partial charge is 0.234 e. The molecule has 1 aromatic heterocycles. The number of hydrogen-bond acceptors (Lipinski definition) is 5. The number of hydrogen-bond donors (Lipinski definition) is 1. The Hall–Kier alpha value is -2.91. The fourth-order valence-corrected chi connectivity index (χ4v) is 4.88. The van der Waals surface area contributed by atoms with E-state index in [9.17, 15) is 10.1 Å². The summed E-state index contributed by atoms with van der Waals surface area (Å²) < 4.78 is 0. The van der Waals surface area contributed by atoms with Gasteiger partial charge in [-0.3, -0.25) is 9.69 Å². The number of pyridine rings is 1. The molecule has 0 unspecified atom stereocenters. The van der Waals surface area contributed by atoms with Crippen LogP contribution in [0, 0.1) is 11.3 Å². The number of carbonyl (C=O) groups is 1. The Labute approximate surface area is 191 Å². The fourth-order valence-electron chi connectivity index (χ4n) is 4.88. The Morgan fingerprint density at radius 1 is 1.09 bits per heavy atom. The van der Waals surface area contributed by atoms with Gasteiger partial charge in [0.25, 0.3) is 0 Å². The van der Waals surface area contributed by atoms with E-state index in [0.717, 1.165) is 76.1 Å². The minimum atomic E-state index is 0.0768. The molecule has 1 amide bonds. The van der Waals surface area contributed by atoms with Crippen molar-refractivity contribution in [2.75, 3.05) is 44.2 Å². The molecular weight excluding hydrogens is 398 g/mol. The summed E-state index contributed by atoms with van der Waals surface area (Å²) in [6.45, 7) is 6.47. The highest BCUT2D eigenvalue weighted by Crippen LogP contribution is 2.33. The first-order valence-corrected chi connectivity index (χ1v) is 11.9. The predicted molar refractivity (Wildman–Crippen MR) is 127 cm³/mol. The minimum absolute atomic E-state index is 0.0768. The zero-order valence-electron chi connectivity index (χ0n) is 19.1. The van der Waals surface area contributed by atoms with E-state index in [0.29, 0.717) is 13.1 Å². The van der Waals surface area contributed by atoms with E-state index in [1.54, 1.807) is 0 Å². The molecule has 1 N–H and O–H groups in total. The van der Waals surface area contributed by atoms with Crippen LogP contribution < -0.4 is 10.2 Å². The minimum Gasteiger partial charge on any atom is -0.355 e. The maximum absolute atomic E-state index is 12.4. The van der Waals surface area contributed by atoms with E-state index in [1.165, 1.54) is 22.4 Å². The van der Waals surface area contributed by atoms with Gasteiger partial charge in [-0.2, -0.15) is 5.26 Å². The third-order valence-electron chi connectivity index (χ3n) is 6.55. The van der Waals surface area contributed by atoms with E-state index < -0.39 is 0 Å². The van der Waals surface area contributed by atoms with Gasteiger partial charge in [0.05, 0.1) is 12.1 Å². The van der Waals surface area contributed by atoms with E-state index in [1.807, 2.05) is 18.2 Å². The molecule has 1 fully saturated rings. The summed E-state index contributed by atoms with van der Waals surface area (Å²) in [5.74, 6) is 0.941. The second kappa shape index (κ2) is 10.6. The van der Waals surface area contributed by atoms with Gasteiger partial charge in [-0.05, 0) is 48.8 Å². The molecule has 1 aromatic carbocycles. The number of anilines is 1. The Kier molecular flexibility index (Phi) is 7.39. The lowest BCUT2D eigenvalue weighted by Crippen LogP contribution is -2.50. The van der Waals surface area contributed by atoms with Crippen LogP contribution >= 0.6 is 0 Å². The number of fused-ring (bicyclic) bond motifs is 1. The maximum atomic E-state index is 12.4. The maximum Gasteiger partial charge on any atom is 0.234 e. The zero-order chi connectivity index (χ0) is 22.3. The molecule has 1 aliphatic carbocycles. The van der Waals surface area contributed by atoms with E-state index in [4.69, 9.17) is 4.98 Å². The summed E-state index contributed by atoms with van der Waals surface area (Å²) in [5.41, 5.74) is 5.77. The van der Waals surface area contributed by atoms with Gasteiger partial charge >= 0.3 is 0 Å². The fraction of sp³-hybridized carbons (Fsp3) is 0.500. The molecule has 2 heterocycles. The molecule has 1 aliphatic heterocycles. The molecular formula is C26H33N5O. The zero-order valence-corrected chi connectivity index (χ0v) is 19.1. The van der Waals surface area contributed by atoms with Gasteiger partial charge in [-0.25, -0.2) is 4.98 Å². The molecule has 1 saturated heterocycles. The van der Waals surface area contributed by atoms with Crippen molar-refractivity contribution in [2.45, 2.75) is 45.4 Å². The van der Waals surface area contributed by atoms with Crippen molar-refractivity contribution in [1.29, 1.82) is 5.26 Å². The van der Waals surface area contributed by atoms with Crippen molar-refractivity contribution in [3.63, 3.8) is 0 Å². The summed E-state index contributed by atoms with van der Waals surface area (Å²) in [6, 6.07) is 12.7. The number of nitriles is 1.